The lowest BCUT2D eigenvalue weighted by Gasteiger charge is -2.31. The third-order valence-corrected chi connectivity index (χ3v) is 5.77. The maximum atomic E-state index is 13.7. The Morgan fingerprint density at radius 2 is 2.12 bits per heavy atom. The highest BCUT2D eigenvalue weighted by Crippen LogP contribution is 2.38. The number of halogens is 4. The van der Waals surface area contributed by atoms with Crippen LogP contribution in [0.3, 0.4) is 0 Å². The molecule has 1 aliphatic carbocycles. The van der Waals surface area contributed by atoms with Crippen molar-refractivity contribution in [3.05, 3.63) is 71.3 Å². The fraction of sp³-hybridized carbons (Fsp3) is 0.348. The van der Waals surface area contributed by atoms with Crippen molar-refractivity contribution >= 4 is 5.91 Å². The van der Waals surface area contributed by atoms with Gasteiger partial charge < -0.3 is 14.6 Å². The zero-order valence-electron chi connectivity index (χ0n) is 17.8. The minimum absolute atomic E-state index is 0.108. The molecule has 4 rings (SSSR count). The van der Waals surface area contributed by atoms with E-state index < -0.39 is 24.3 Å². The molecule has 2 aliphatic rings. The molecule has 0 bridgehead atoms. The van der Waals surface area contributed by atoms with Crippen LogP contribution in [0.15, 0.2) is 58.7 Å². The van der Waals surface area contributed by atoms with Crippen molar-refractivity contribution in [3.8, 4) is 11.5 Å². The van der Waals surface area contributed by atoms with E-state index in [1.807, 2.05) is 0 Å². The van der Waals surface area contributed by atoms with Gasteiger partial charge in [0.2, 0.25) is 5.89 Å². The predicted molar refractivity (Wildman–Crippen MR) is 113 cm³/mol. The Balaban J connectivity index is 1.62. The Morgan fingerprint density at radius 3 is 2.73 bits per heavy atom. The van der Waals surface area contributed by atoms with Crippen LogP contribution in [-0.4, -0.2) is 40.0 Å². The van der Waals surface area contributed by atoms with Crippen LogP contribution in [0.2, 0.25) is 0 Å². The zero-order valence-corrected chi connectivity index (χ0v) is 17.8. The van der Waals surface area contributed by atoms with Gasteiger partial charge in [-0.2, -0.15) is 8.78 Å². The number of carbonyl (C=O) groups is 1. The monoisotopic (exact) mass is 462 g/mol. The largest absolute Gasteiger partial charge is 0.415 e. The summed E-state index contributed by atoms with van der Waals surface area (Å²) in [4.78, 5) is 14.9. The van der Waals surface area contributed by atoms with Crippen LogP contribution >= 0.6 is 0 Å². The molecule has 10 heteroatoms. The molecule has 1 aromatic heterocycles. The predicted octanol–water partition coefficient (Wildman–Crippen LogP) is 5.03. The van der Waals surface area contributed by atoms with Crippen molar-refractivity contribution in [1.82, 2.24) is 20.4 Å². The summed E-state index contributed by atoms with van der Waals surface area (Å²) in [5.41, 5.74) is 2.90. The average molecular weight is 462 g/mol. The number of nitrogens with zero attached hydrogens (tertiary/aromatic N) is 3. The smallest absolute Gasteiger partial charge is 0.314 e. The molecule has 1 atom stereocenters. The summed E-state index contributed by atoms with van der Waals surface area (Å²) in [5, 5.41) is 9.88. The number of fused-ring (bicyclic) bond motifs is 1. The van der Waals surface area contributed by atoms with Crippen molar-refractivity contribution in [2.45, 2.75) is 44.2 Å². The molecule has 0 saturated heterocycles. The number of alkyl halides is 4. The summed E-state index contributed by atoms with van der Waals surface area (Å²) >= 11 is 0. The molecule has 0 spiro atoms. The highest BCUT2D eigenvalue weighted by molar-refractivity contribution is 6.00. The Bertz CT molecular complexity index is 1140. The number of benzene rings is 1. The van der Waals surface area contributed by atoms with Gasteiger partial charge >= 0.3 is 6.43 Å². The van der Waals surface area contributed by atoms with Crippen molar-refractivity contribution in [1.29, 1.82) is 0 Å². The van der Waals surface area contributed by atoms with E-state index in [4.69, 9.17) is 4.42 Å². The molecule has 1 unspecified atom stereocenters. The minimum Gasteiger partial charge on any atom is -0.415 e. The first-order chi connectivity index (χ1) is 15.7. The molecular weight excluding hydrogens is 440 g/mol. The van der Waals surface area contributed by atoms with Crippen LogP contribution in [0.25, 0.3) is 11.5 Å². The second-order valence-corrected chi connectivity index (χ2v) is 7.91. The van der Waals surface area contributed by atoms with E-state index >= 15 is 0 Å². The number of nitrogens with one attached hydrogen (secondary N) is 1. The Labute approximate surface area is 187 Å². The van der Waals surface area contributed by atoms with Gasteiger partial charge in [-0.05, 0) is 35.3 Å². The average Bonchev–Trinajstić information content (AvgIpc) is 3.40. The number of hydrogen-bond acceptors (Lipinski definition) is 5. The van der Waals surface area contributed by atoms with E-state index in [1.54, 1.807) is 36.4 Å². The molecule has 1 N–H and O–H groups in total. The zero-order chi connectivity index (χ0) is 23.8. The Kier molecular flexibility index (Phi) is 6.09. The topological polar surface area (TPSA) is 71.3 Å². The molecule has 33 heavy (non-hydrogen) atoms. The third-order valence-electron chi connectivity index (χ3n) is 5.77. The highest BCUT2D eigenvalue weighted by Gasteiger charge is 2.37. The Hall–Kier alpha value is -3.43. The first-order valence-corrected chi connectivity index (χ1v) is 10.4. The van der Waals surface area contributed by atoms with Gasteiger partial charge in [0, 0.05) is 43.8 Å². The van der Waals surface area contributed by atoms with Crippen molar-refractivity contribution in [3.63, 3.8) is 0 Å². The quantitative estimate of drug-likeness (QED) is 0.462. The molecule has 0 saturated carbocycles. The fourth-order valence-electron chi connectivity index (χ4n) is 4.12. The summed E-state index contributed by atoms with van der Waals surface area (Å²) in [6.45, 7) is 4.15. The number of allylic oxidation sites excluding steroid dienone is 1. The highest BCUT2D eigenvalue weighted by atomic mass is 19.3. The van der Waals surface area contributed by atoms with Crippen molar-refractivity contribution in [2.75, 3.05) is 7.05 Å². The summed E-state index contributed by atoms with van der Waals surface area (Å²) in [6.07, 6.45) is 1.51. The van der Waals surface area contributed by atoms with Gasteiger partial charge in [-0.1, -0.05) is 18.2 Å². The number of aromatic nitrogens is 2. The van der Waals surface area contributed by atoms with Crippen LogP contribution in [0.1, 0.15) is 47.5 Å². The van der Waals surface area contributed by atoms with E-state index in [2.05, 4.69) is 22.1 Å². The molecule has 1 aromatic carbocycles. The number of carbonyl (C=O) groups excluding carboxylic acids is 1. The standard InChI is InChI=1S/C23H22F4N4O2/c1-3-18(17(11-28-2)13-6-8-23(26,27)9-7-13)31-12-15-5-4-14(10-16(15)22(31)32)20-29-30-21(33-20)19(24)25/h3-6,10-11,18-19,28H,1,7-9,12H2,2H3/b17-11-. The molecule has 1 amide bonds. The van der Waals surface area contributed by atoms with Crippen LogP contribution in [0.4, 0.5) is 17.6 Å². The van der Waals surface area contributed by atoms with E-state index in [-0.39, 0.29) is 37.6 Å². The van der Waals surface area contributed by atoms with Crippen LogP contribution in [-0.2, 0) is 6.54 Å². The minimum atomic E-state index is -2.89. The maximum Gasteiger partial charge on any atom is 0.314 e. The molecule has 0 fully saturated rings. The third kappa shape index (κ3) is 4.42. The molecule has 6 nitrogen and oxygen atoms in total. The van der Waals surface area contributed by atoms with Gasteiger partial charge in [-0.15, -0.1) is 16.8 Å². The van der Waals surface area contributed by atoms with Gasteiger partial charge in [-0.25, -0.2) is 8.78 Å². The number of amides is 1. The summed E-state index contributed by atoms with van der Waals surface area (Å²) in [7, 11) is 1.70. The molecule has 0 radical (unpaired) electrons. The first-order valence-electron chi connectivity index (χ1n) is 10.4. The normalized spacial score (nSPS) is 18.8. The second kappa shape index (κ2) is 8.84. The van der Waals surface area contributed by atoms with E-state index in [1.165, 1.54) is 12.1 Å². The van der Waals surface area contributed by atoms with Gasteiger partial charge in [0.15, 0.2) is 0 Å². The summed E-state index contributed by atoms with van der Waals surface area (Å²) in [6, 6.07) is 4.31. The molecular formula is C23H22F4N4O2. The number of hydrogen-bond donors (Lipinski definition) is 1. The lowest BCUT2D eigenvalue weighted by atomic mass is 9.87. The van der Waals surface area contributed by atoms with Gasteiger partial charge in [-0.3, -0.25) is 4.79 Å². The molecule has 1 aliphatic heterocycles. The van der Waals surface area contributed by atoms with Crippen molar-refractivity contribution in [2.24, 2.45) is 0 Å². The summed E-state index contributed by atoms with van der Waals surface area (Å²) < 4.78 is 57.8. The molecule has 2 aromatic rings. The SMILES string of the molecule is C=CC(/C(=C\NC)C1=CCC(F)(F)CC1)N1Cc2ccc(-c3nnc(C(F)F)o3)cc2C1=O. The summed E-state index contributed by atoms with van der Waals surface area (Å²) in [5.74, 6) is -3.93. The van der Waals surface area contributed by atoms with E-state index in [0.717, 1.165) is 11.1 Å². The van der Waals surface area contributed by atoms with Crippen LogP contribution < -0.4 is 5.32 Å². The van der Waals surface area contributed by atoms with Crippen LogP contribution in [0.5, 0.6) is 0 Å². The lowest BCUT2D eigenvalue weighted by molar-refractivity contribution is -0.00851. The first kappa shape index (κ1) is 22.8. The van der Waals surface area contributed by atoms with E-state index in [0.29, 0.717) is 16.7 Å². The maximum absolute atomic E-state index is 13.7. The van der Waals surface area contributed by atoms with Crippen molar-refractivity contribution < 1.29 is 26.8 Å². The van der Waals surface area contributed by atoms with Gasteiger partial charge in [0.25, 0.3) is 17.7 Å². The second-order valence-electron chi connectivity index (χ2n) is 7.91. The molecule has 2 heterocycles. The fourth-order valence-corrected chi connectivity index (χ4v) is 4.12. The van der Waals surface area contributed by atoms with E-state index in [9.17, 15) is 22.4 Å². The van der Waals surface area contributed by atoms with Gasteiger partial charge in [0.05, 0.1) is 6.04 Å². The lowest BCUT2D eigenvalue weighted by Crippen LogP contribution is -2.37. The van der Waals surface area contributed by atoms with Crippen LogP contribution in [0, 0.1) is 0 Å². The Morgan fingerprint density at radius 1 is 1.33 bits per heavy atom. The molecule has 174 valence electrons. The van der Waals surface area contributed by atoms with Gasteiger partial charge in [0.1, 0.15) is 0 Å². The number of rotatable bonds is 7.